The lowest BCUT2D eigenvalue weighted by Crippen LogP contribution is -1.99. The molecule has 0 aliphatic heterocycles. The first-order chi connectivity index (χ1) is 17.9. The molecule has 4 heteroatoms. The molecule has 4 rings (SSSR count). The van der Waals surface area contributed by atoms with Crippen molar-refractivity contribution < 1.29 is 17.6 Å². The number of aryl methyl sites for hydroxylation is 5. The Morgan fingerprint density at radius 1 is 0.486 bits per heavy atom. The molecule has 0 atom stereocenters. The van der Waals surface area contributed by atoms with E-state index in [4.69, 9.17) is 0 Å². The summed E-state index contributed by atoms with van der Waals surface area (Å²) in [5.41, 5.74) is 4.61. The second-order valence-corrected chi connectivity index (χ2v) is 9.95. The van der Waals surface area contributed by atoms with E-state index in [1.54, 1.807) is 6.07 Å². The summed E-state index contributed by atoms with van der Waals surface area (Å²) < 4.78 is 55.3. The van der Waals surface area contributed by atoms with Crippen LogP contribution in [0.5, 0.6) is 0 Å². The van der Waals surface area contributed by atoms with E-state index in [1.807, 2.05) is 24.3 Å². The normalized spacial score (nSPS) is 11.4. The van der Waals surface area contributed by atoms with E-state index in [2.05, 4.69) is 31.2 Å². The predicted molar refractivity (Wildman–Crippen MR) is 144 cm³/mol. The van der Waals surface area contributed by atoms with Gasteiger partial charge in [-0.3, -0.25) is 0 Å². The van der Waals surface area contributed by atoms with Gasteiger partial charge in [-0.1, -0.05) is 87.2 Å². The average Bonchev–Trinajstić information content (AvgIpc) is 2.90. The molecule has 0 unspecified atom stereocenters. The van der Waals surface area contributed by atoms with Gasteiger partial charge in [0, 0.05) is 5.39 Å². The van der Waals surface area contributed by atoms with Gasteiger partial charge in [0.15, 0.2) is 17.5 Å². The second kappa shape index (κ2) is 12.9. The standard InChI is InChI=1S/C33H34F4/c1-2-3-4-5-6-7-23-8-10-24(11-9-23)12-13-25-15-19-29-28(20-25)18-17-27(32(29)36)16-14-26-21-30(34)33(37)31(35)22-26/h8-11,15,17-22H,2-7,12-14,16H2,1H3. The van der Waals surface area contributed by atoms with Crippen LogP contribution in [-0.4, -0.2) is 0 Å². The molecule has 194 valence electrons. The van der Waals surface area contributed by atoms with E-state index in [-0.39, 0.29) is 18.7 Å². The van der Waals surface area contributed by atoms with Crippen LogP contribution in [0.25, 0.3) is 10.8 Å². The first-order valence-electron chi connectivity index (χ1n) is 13.4. The van der Waals surface area contributed by atoms with Gasteiger partial charge in [0.2, 0.25) is 0 Å². The van der Waals surface area contributed by atoms with Crippen molar-refractivity contribution >= 4 is 10.8 Å². The summed E-state index contributed by atoms with van der Waals surface area (Å²) in [5.74, 6) is -4.26. The van der Waals surface area contributed by atoms with Gasteiger partial charge in [0.25, 0.3) is 0 Å². The molecule has 4 aromatic rings. The van der Waals surface area contributed by atoms with Gasteiger partial charge in [0.1, 0.15) is 5.82 Å². The molecular formula is C33H34F4. The maximum absolute atomic E-state index is 15.2. The molecule has 0 radical (unpaired) electrons. The zero-order valence-corrected chi connectivity index (χ0v) is 21.4. The van der Waals surface area contributed by atoms with Gasteiger partial charge in [-0.05, 0) is 83.9 Å². The Bertz CT molecular complexity index is 1300. The van der Waals surface area contributed by atoms with Crippen molar-refractivity contribution in [1.82, 2.24) is 0 Å². The van der Waals surface area contributed by atoms with E-state index < -0.39 is 17.5 Å². The van der Waals surface area contributed by atoms with Crippen molar-refractivity contribution in [3.05, 3.63) is 118 Å². The first kappa shape index (κ1) is 26.9. The van der Waals surface area contributed by atoms with E-state index in [1.165, 1.54) is 43.2 Å². The molecule has 0 fully saturated rings. The maximum Gasteiger partial charge on any atom is 0.194 e. The number of hydrogen-bond donors (Lipinski definition) is 0. The Hall–Kier alpha value is -3.14. The summed E-state index contributed by atoms with van der Waals surface area (Å²) in [4.78, 5) is 0. The molecule has 37 heavy (non-hydrogen) atoms. The minimum Gasteiger partial charge on any atom is -0.206 e. The zero-order valence-electron chi connectivity index (χ0n) is 21.4. The number of fused-ring (bicyclic) bond motifs is 1. The average molecular weight is 507 g/mol. The molecule has 0 saturated heterocycles. The van der Waals surface area contributed by atoms with Crippen LogP contribution in [-0.2, 0) is 32.1 Å². The molecule has 0 aliphatic rings. The third-order valence-electron chi connectivity index (χ3n) is 7.12. The number of benzene rings is 4. The zero-order chi connectivity index (χ0) is 26.2. The maximum atomic E-state index is 15.2. The minimum absolute atomic E-state index is 0.215. The van der Waals surface area contributed by atoms with E-state index in [0.29, 0.717) is 16.5 Å². The monoisotopic (exact) mass is 506 g/mol. The lowest BCUT2D eigenvalue weighted by molar-refractivity contribution is 0.445. The smallest absolute Gasteiger partial charge is 0.194 e. The molecule has 0 amide bonds. The number of rotatable bonds is 12. The SMILES string of the molecule is CCCCCCCc1ccc(CCc2ccc3c(F)c(CCc4cc(F)c(F)c(F)c4)ccc3c2)cc1. The molecule has 0 saturated carbocycles. The summed E-state index contributed by atoms with van der Waals surface area (Å²) >= 11 is 0. The third-order valence-corrected chi connectivity index (χ3v) is 7.12. The van der Waals surface area contributed by atoms with Crippen LogP contribution in [0.3, 0.4) is 0 Å². The summed E-state index contributed by atoms with van der Waals surface area (Å²) in [6, 6.07) is 20.2. The number of unbranched alkanes of at least 4 members (excludes halogenated alkanes) is 4. The van der Waals surface area contributed by atoms with Crippen molar-refractivity contribution in [3.63, 3.8) is 0 Å². The Labute approximate surface area is 217 Å². The van der Waals surface area contributed by atoms with Gasteiger partial charge < -0.3 is 0 Å². The van der Waals surface area contributed by atoms with Crippen LogP contribution in [0.4, 0.5) is 17.6 Å². The highest BCUT2D eigenvalue weighted by Crippen LogP contribution is 2.25. The van der Waals surface area contributed by atoms with Crippen molar-refractivity contribution in [1.29, 1.82) is 0 Å². The highest BCUT2D eigenvalue weighted by molar-refractivity contribution is 5.84. The summed E-state index contributed by atoms with van der Waals surface area (Å²) in [7, 11) is 0. The number of halogens is 4. The molecule has 4 aromatic carbocycles. The van der Waals surface area contributed by atoms with Crippen molar-refractivity contribution in [2.45, 2.75) is 71.1 Å². The van der Waals surface area contributed by atoms with Gasteiger partial charge in [-0.15, -0.1) is 0 Å². The highest BCUT2D eigenvalue weighted by Gasteiger charge is 2.13. The Morgan fingerprint density at radius 3 is 1.78 bits per heavy atom. The van der Waals surface area contributed by atoms with E-state index >= 15 is 4.39 Å². The molecule has 0 spiro atoms. The van der Waals surface area contributed by atoms with Crippen LogP contribution in [0.15, 0.2) is 66.7 Å². The first-order valence-corrected chi connectivity index (χ1v) is 13.4. The molecular weight excluding hydrogens is 472 g/mol. The lowest BCUT2D eigenvalue weighted by atomic mass is 9.97. The topological polar surface area (TPSA) is 0 Å². The van der Waals surface area contributed by atoms with Crippen LogP contribution >= 0.6 is 0 Å². The largest absolute Gasteiger partial charge is 0.206 e. The van der Waals surface area contributed by atoms with Gasteiger partial charge in [-0.25, -0.2) is 17.6 Å². The summed E-state index contributed by atoms with van der Waals surface area (Å²) in [6.07, 6.45) is 9.88. The Kier molecular flexibility index (Phi) is 9.38. The minimum atomic E-state index is -1.48. The summed E-state index contributed by atoms with van der Waals surface area (Å²) in [5, 5.41) is 1.36. The molecule has 0 bridgehead atoms. The summed E-state index contributed by atoms with van der Waals surface area (Å²) in [6.45, 7) is 2.24. The van der Waals surface area contributed by atoms with E-state index in [9.17, 15) is 13.2 Å². The second-order valence-electron chi connectivity index (χ2n) is 9.95. The molecule has 0 aromatic heterocycles. The molecule has 0 N–H and O–H groups in total. The van der Waals surface area contributed by atoms with Crippen LogP contribution in [0.1, 0.15) is 66.8 Å². The Balaban J connectivity index is 1.34. The van der Waals surface area contributed by atoms with Crippen molar-refractivity contribution in [2.24, 2.45) is 0 Å². The molecule has 0 heterocycles. The van der Waals surface area contributed by atoms with Gasteiger partial charge in [0.05, 0.1) is 0 Å². The highest BCUT2D eigenvalue weighted by atomic mass is 19.2. The third kappa shape index (κ3) is 7.21. The van der Waals surface area contributed by atoms with Crippen LogP contribution in [0.2, 0.25) is 0 Å². The molecule has 0 nitrogen and oxygen atoms in total. The fourth-order valence-corrected chi connectivity index (χ4v) is 4.86. The van der Waals surface area contributed by atoms with E-state index in [0.717, 1.165) is 42.3 Å². The van der Waals surface area contributed by atoms with Crippen molar-refractivity contribution in [3.8, 4) is 0 Å². The lowest BCUT2D eigenvalue weighted by Gasteiger charge is -2.10. The fourth-order valence-electron chi connectivity index (χ4n) is 4.86. The molecule has 0 aliphatic carbocycles. The Morgan fingerprint density at radius 2 is 1.08 bits per heavy atom. The van der Waals surface area contributed by atoms with Crippen LogP contribution in [0, 0.1) is 23.3 Å². The fraction of sp³-hybridized carbons (Fsp3) is 0.333. The van der Waals surface area contributed by atoms with Crippen LogP contribution < -0.4 is 0 Å². The quantitative estimate of drug-likeness (QED) is 0.102. The van der Waals surface area contributed by atoms with Crippen molar-refractivity contribution in [2.75, 3.05) is 0 Å². The predicted octanol–water partition coefficient (Wildman–Crippen LogP) is 9.48. The number of hydrogen-bond acceptors (Lipinski definition) is 0. The van der Waals surface area contributed by atoms with Gasteiger partial charge >= 0.3 is 0 Å². The van der Waals surface area contributed by atoms with Gasteiger partial charge in [-0.2, -0.15) is 0 Å².